The summed E-state index contributed by atoms with van der Waals surface area (Å²) in [5, 5.41) is 19.5. The van der Waals surface area contributed by atoms with Crippen LogP contribution in [0.5, 0.6) is 0 Å². The Bertz CT molecular complexity index is 566. The highest BCUT2D eigenvalue weighted by atomic mass is 79.9. The van der Waals surface area contributed by atoms with Crippen molar-refractivity contribution >= 4 is 27.5 Å². The molecule has 0 fully saturated rings. The molecule has 6 nitrogen and oxygen atoms in total. The Morgan fingerprint density at radius 1 is 1.55 bits per heavy atom. The number of nitro groups is 1. The number of rotatable bonds is 5. The summed E-state index contributed by atoms with van der Waals surface area (Å²) in [7, 11) is 0. The number of carbonyl (C=O) groups excluding carboxylic acids is 1. The predicted molar refractivity (Wildman–Crippen MR) is 77.2 cm³/mol. The van der Waals surface area contributed by atoms with E-state index in [9.17, 15) is 14.9 Å². The third-order valence-electron chi connectivity index (χ3n) is 2.74. The number of hydrogen-bond donors (Lipinski definition) is 0. The van der Waals surface area contributed by atoms with Crippen molar-refractivity contribution in [1.82, 2.24) is 4.90 Å². The summed E-state index contributed by atoms with van der Waals surface area (Å²) in [6, 6.07) is 6.16. The quantitative estimate of drug-likeness (QED) is 0.609. The van der Waals surface area contributed by atoms with Crippen LogP contribution in [0, 0.1) is 21.4 Å². The van der Waals surface area contributed by atoms with Crippen LogP contribution >= 0.6 is 15.9 Å². The molecule has 20 heavy (non-hydrogen) atoms. The first-order valence-corrected chi connectivity index (χ1v) is 6.79. The minimum atomic E-state index is -0.546. The van der Waals surface area contributed by atoms with E-state index in [0.717, 1.165) is 0 Å². The average Bonchev–Trinajstić information content (AvgIpc) is 2.38. The highest BCUT2D eigenvalue weighted by Crippen LogP contribution is 2.26. The summed E-state index contributed by atoms with van der Waals surface area (Å²) in [5.41, 5.74) is 0.0892. The van der Waals surface area contributed by atoms with Gasteiger partial charge in [-0.1, -0.05) is 0 Å². The van der Waals surface area contributed by atoms with Gasteiger partial charge in [-0.2, -0.15) is 5.26 Å². The van der Waals surface area contributed by atoms with E-state index < -0.39 is 4.92 Å². The molecule has 1 amide bonds. The molecule has 0 aliphatic rings. The van der Waals surface area contributed by atoms with Gasteiger partial charge in [0.25, 0.3) is 11.6 Å². The molecule has 0 bridgehead atoms. The number of nitro benzene ring substituents is 1. The van der Waals surface area contributed by atoms with Crippen molar-refractivity contribution in [2.24, 2.45) is 0 Å². The zero-order valence-corrected chi connectivity index (χ0v) is 12.8. The fourth-order valence-electron chi connectivity index (χ4n) is 1.72. The molecule has 1 rings (SSSR count). The van der Waals surface area contributed by atoms with Crippen molar-refractivity contribution in [3.8, 4) is 6.07 Å². The van der Waals surface area contributed by atoms with E-state index in [4.69, 9.17) is 5.26 Å². The normalized spacial score (nSPS) is 10.2. The van der Waals surface area contributed by atoms with E-state index in [1.807, 2.05) is 19.9 Å². The fraction of sp³-hybridized carbons (Fsp3) is 0.385. The summed E-state index contributed by atoms with van der Waals surface area (Å²) in [5.74, 6) is -0.314. The Morgan fingerprint density at radius 2 is 2.20 bits per heavy atom. The van der Waals surface area contributed by atoms with Crippen molar-refractivity contribution < 1.29 is 9.72 Å². The minimum absolute atomic E-state index is 0.0847. The van der Waals surface area contributed by atoms with Crippen LogP contribution in [-0.4, -0.2) is 28.3 Å². The first kappa shape index (κ1) is 16.1. The number of nitrogens with zero attached hydrogens (tertiary/aromatic N) is 3. The Morgan fingerprint density at radius 3 is 2.70 bits per heavy atom. The van der Waals surface area contributed by atoms with Crippen molar-refractivity contribution in [2.45, 2.75) is 26.3 Å². The van der Waals surface area contributed by atoms with Crippen LogP contribution in [0.3, 0.4) is 0 Å². The molecule has 0 spiro atoms. The highest BCUT2D eigenvalue weighted by molar-refractivity contribution is 9.10. The van der Waals surface area contributed by atoms with Crippen molar-refractivity contribution in [2.75, 3.05) is 6.54 Å². The molecule has 0 radical (unpaired) electrons. The second kappa shape index (κ2) is 7.01. The van der Waals surface area contributed by atoms with Crippen LogP contribution in [0.2, 0.25) is 0 Å². The van der Waals surface area contributed by atoms with Crippen LogP contribution in [0.25, 0.3) is 0 Å². The van der Waals surface area contributed by atoms with Gasteiger partial charge in [0.2, 0.25) is 0 Å². The third-order valence-corrected chi connectivity index (χ3v) is 3.41. The molecular formula is C13H14BrN3O3. The van der Waals surface area contributed by atoms with E-state index in [0.29, 0.717) is 11.0 Å². The van der Waals surface area contributed by atoms with Gasteiger partial charge in [-0.25, -0.2) is 0 Å². The average molecular weight is 340 g/mol. The smallest absolute Gasteiger partial charge is 0.284 e. The zero-order valence-electron chi connectivity index (χ0n) is 11.2. The molecular weight excluding hydrogens is 326 g/mol. The molecule has 0 aliphatic heterocycles. The first-order valence-electron chi connectivity index (χ1n) is 6.00. The van der Waals surface area contributed by atoms with E-state index in [-0.39, 0.29) is 29.6 Å². The minimum Gasteiger partial charge on any atom is -0.335 e. The lowest BCUT2D eigenvalue weighted by atomic mass is 10.1. The Labute approximate surface area is 125 Å². The molecule has 0 aromatic heterocycles. The van der Waals surface area contributed by atoms with E-state index in [2.05, 4.69) is 15.9 Å². The molecule has 0 saturated heterocycles. The largest absolute Gasteiger partial charge is 0.335 e. The number of halogens is 1. The first-order chi connectivity index (χ1) is 9.38. The van der Waals surface area contributed by atoms with Gasteiger partial charge >= 0.3 is 0 Å². The molecule has 0 heterocycles. The molecule has 0 atom stereocenters. The van der Waals surface area contributed by atoms with Crippen LogP contribution in [0.4, 0.5) is 5.69 Å². The summed E-state index contributed by atoms with van der Waals surface area (Å²) in [4.78, 5) is 24.2. The summed E-state index contributed by atoms with van der Waals surface area (Å²) < 4.78 is 0.326. The predicted octanol–water partition coefficient (Wildman–Crippen LogP) is 3.12. The second-order valence-corrected chi connectivity index (χ2v) is 5.28. The Hall–Kier alpha value is -1.94. The van der Waals surface area contributed by atoms with Gasteiger partial charge in [0.05, 0.1) is 21.9 Å². The lowest BCUT2D eigenvalue weighted by Crippen LogP contribution is -2.37. The second-order valence-electron chi connectivity index (χ2n) is 4.42. The fourth-order valence-corrected chi connectivity index (χ4v) is 2.11. The van der Waals surface area contributed by atoms with Gasteiger partial charge in [-0.3, -0.25) is 14.9 Å². The van der Waals surface area contributed by atoms with Crippen molar-refractivity contribution in [3.63, 3.8) is 0 Å². The van der Waals surface area contributed by atoms with E-state index in [1.165, 1.54) is 23.1 Å². The Balaban J connectivity index is 3.09. The molecule has 1 aromatic carbocycles. The van der Waals surface area contributed by atoms with Gasteiger partial charge in [0, 0.05) is 24.2 Å². The molecule has 0 unspecified atom stereocenters. The Kier molecular flexibility index (Phi) is 5.65. The number of carbonyl (C=O) groups is 1. The van der Waals surface area contributed by atoms with Crippen molar-refractivity contribution in [1.29, 1.82) is 5.26 Å². The lowest BCUT2D eigenvalue weighted by Gasteiger charge is -2.25. The number of benzene rings is 1. The molecule has 0 aliphatic carbocycles. The summed E-state index contributed by atoms with van der Waals surface area (Å²) in [6.07, 6.45) is 0.225. The molecule has 0 N–H and O–H groups in total. The number of amides is 1. The maximum Gasteiger partial charge on any atom is 0.284 e. The highest BCUT2D eigenvalue weighted by Gasteiger charge is 2.21. The van der Waals surface area contributed by atoms with Gasteiger partial charge in [0.15, 0.2) is 0 Å². The number of nitriles is 1. The van der Waals surface area contributed by atoms with Gasteiger partial charge in [0.1, 0.15) is 0 Å². The maximum absolute atomic E-state index is 12.4. The van der Waals surface area contributed by atoms with Crippen molar-refractivity contribution in [3.05, 3.63) is 38.3 Å². The van der Waals surface area contributed by atoms with E-state index >= 15 is 0 Å². The topological polar surface area (TPSA) is 87.2 Å². The lowest BCUT2D eigenvalue weighted by molar-refractivity contribution is -0.385. The molecule has 1 aromatic rings. The zero-order chi connectivity index (χ0) is 15.3. The monoisotopic (exact) mass is 339 g/mol. The van der Waals surface area contributed by atoms with Gasteiger partial charge in [-0.15, -0.1) is 0 Å². The molecule has 7 heteroatoms. The maximum atomic E-state index is 12.4. The molecule has 0 saturated carbocycles. The SMILES string of the molecule is CC(C)N(CCC#N)C(=O)c1ccc(Br)c([N+](=O)[O-])c1. The van der Waals surface area contributed by atoms with Crippen LogP contribution < -0.4 is 0 Å². The summed E-state index contributed by atoms with van der Waals surface area (Å²) in [6.45, 7) is 3.97. The third kappa shape index (κ3) is 3.78. The van der Waals surface area contributed by atoms with Crippen LogP contribution in [0.1, 0.15) is 30.6 Å². The van der Waals surface area contributed by atoms with Gasteiger partial charge in [-0.05, 0) is 41.9 Å². The van der Waals surface area contributed by atoms with Crippen LogP contribution in [-0.2, 0) is 0 Å². The van der Waals surface area contributed by atoms with Crippen LogP contribution in [0.15, 0.2) is 22.7 Å². The number of hydrogen-bond acceptors (Lipinski definition) is 4. The summed E-state index contributed by atoms with van der Waals surface area (Å²) >= 11 is 3.08. The van der Waals surface area contributed by atoms with E-state index in [1.54, 1.807) is 0 Å². The molecule has 106 valence electrons. The van der Waals surface area contributed by atoms with Gasteiger partial charge < -0.3 is 4.90 Å². The standard InChI is InChI=1S/C13H14BrN3O3/c1-9(2)16(7-3-6-15)13(18)10-4-5-11(14)12(8-10)17(19)20/h4-5,8-9H,3,7H2,1-2H3.